The van der Waals surface area contributed by atoms with Crippen LogP contribution in [-0.2, 0) is 18.9 Å². The summed E-state index contributed by atoms with van der Waals surface area (Å²) >= 11 is 0. The van der Waals surface area contributed by atoms with E-state index >= 15 is 0 Å². The lowest BCUT2D eigenvalue weighted by molar-refractivity contribution is -0.104. The van der Waals surface area contributed by atoms with Crippen molar-refractivity contribution in [2.75, 3.05) is 52.9 Å². The highest BCUT2D eigenvalue weighted by Gasteiger charge is 2.32. The fourth-order valence-corrected chi connectivity index (χ4v) is 1.93. The summed E-state index contributed by atoms with van der Waals surface area (Å²) < 4.78 is 22.8. The standard InChI is InChI=1S/C21H28O4.2CH4/c1-5-9-13-22-17-21(18-23-14-10-6-2,19-24-15-11-7-3)20-25-16-12-8-4;;/h1-4H,9-20H2;2*1H4. The average molecular weight is 377 g/mol. The molecule has 0 aromatic carbocycles. The predicted molar refractivity (Wildman–Crippen MR) is 113 cm³/mol. The van der Waals surface area contributed by atoms with Gasteiger partial charge >= 0.3 is 0 Å². The number of hydrogen-bond acceptors (Lipinski definition) is 4. The van der Waals surface area contributed by atoms with Gasteiger partial charge in [-0.25, -0.2) is 0 Å². The van der Waals surface area contributed by atoms with Crippen LogP contribution < -0.4 is 0 Å². The molecule has 0 radical (unpaired) electrons. The number of hydrogen-bond donors (Lipinski definition) is 0. The Hall–Kier alpha value is -1.92. The minimum atomic E-state index is -0.466. The van der Waals surface area contributed by atoms with Gasteiger partial charge in [-0.2, -0.15) is 0 Å². The molecule has 0 saturated heterocycles. The maximum atomic E-state index is 5.71. The van der Waals surface area contributed by atoms with E-state index in [2.05, 4.69) is 23.7 Å². The summed E-state index contributed by atoms with van der Waals surface area (Å²) in [7, 11) is 0. The van der Waals surface area contributed by atoms with Crippen LogP contribution in [-0.4, -0.2) is 52.9 Å². The zero-order chi connectivity index (χ0) is 18.6. The van der Waals surface area contributed by atoms with E-state index in [9.17, 15) is 0 Å². The van der Waals surface area contributed by atoms with Gasteiger partial charge in [0.2, 0.25) is 0 Å². The van der Waals surface area contributed by atoms with Gasteiger partial charge in [0.05, 0.1) is 58.3 Å². The fourth-order valence-electron chi connectivity index (χ4n) is 1.93. The van der Waals surface area contributed by atoms with Crippen LogP contribution in [0.15, 0.2) is 0 Å². The Morgan fingerprint density at radius 1 is 0.481 bits per heavy atom. The second-order valence-electron chi connectivity index (χ2n) is 5.53. The molecule has 0 atom stereocenters. The van der Waals surface area contributed by atoms with Gasteiger partial charge in [0.1, 0.15) is 0 Å². The van der Waals surface area contributed by atoms with Crippen LogP contribution in [0, 0.1) is 54.8 Å². The molecule has 0 aliphatic rings. The SMILES string of the molecule is C.C.C#CCCOCC(COCCC#C)(COCCC#C)COCCC#C. The van der Waals surface area contributed by atoms with Crippen LogP contribution in [0.4, 0.5) is 0 Å². The van der Waals surface area contributed by atoms with E-state index < -0.39 is 5.41 Å². The lowest BCUT2D eigenvalue weighted by atomic mass is 9.92. The van der Waals surface area contributed by atoms with Gasteiger partial charge in [-0.05, 0) is 0 Å². The highest BCUT2D eigenvalue weighted by molar-refractivity contribution is 4.87. The summed E-state index contributed by atoms with van der Waals surface area (Å²) in [4.78, 5) is 0. The Bertz CT molecular complexity index is 391. The monoisotopic (exact) mass is 376 g/mol. The lowest BCUT2D eigenvalue weighted by Gasteiger charge is -2.32. The van der Waals surface area contributed by atoms with Crippen molar-refractivity contribution < 1.29 is 18.9 Å². The summed E-state index contributed by atoms with van der Waals surface area (Å²) in [5, 5.41) is 0. The summed E-state index contributed by atoms with van der Waals surface area (Å²) in [5.74, 6) is 10.2. The number of rotatable bonds is 16. The van der Waals surface area contributed by atoms with Gasteiger partial charge in [0.15, 0.2) is 0 Å². The molecule has 0 aliphatic heterocycles. The van der Waals surface area contributed by atoms with Crippen LogP contribution >= 0.6 is 0 Å². The molecule has 4 heteroatoms. The topological polar surface area (TPSA) is 36.9 Å². The third-order valence-corrected chi connectivity index (χ3v) is 3.20. The van der Waals surface area contributed by atoms with Crippen LogP contribution in [0.5, 0.6) is 0 Å². The van der Waals surface area contributed by atoms with Crippen molar-refractivity contribution in [3.8, 4) is 49.4 Å². The molecule has 0 amide bonds. The first-order valence-corrected chi connectivity index (χ1v) is 8.29. The van der Waals surface area contributed by atoms with Crippen molar-refractivity contribution in [3.63, 3.8) is 0 Å². The van der Waals surface area contributed by atoms with Crippen LogP contribution in [0.2, 0.25) is 0 Å². The Morgan fingerprint density at radius 2 is 0.704 bits per heavy atom. The Morgan fingerprint density at radius 3 is 0.889 bits per heavy atom. The largest absolute Gasteiger partial charge is 0.380 e. The summed E-state index contributed by atoms with van der Waals surface area (Å²) in [6, 6.07) is 0. The maximum absolute atomic E-state index is 5.71. The van der Waals surface area contributed by atoms with Crippen LogP contribution in [0.1, 0.15) is 40.5 Å². The van der Waals surface area contributed by atoms with Crippen LogP contribution in [0.25, 0.3) is 0 Å². The van der Waals surface area contributed by atoms with Crippen molar-refractivity contribution in [3.05, 3.63) is 0 Å². The van der Waals surface area contributed by atoms with Gasteiger partial charge in [0, 0.05) is 25.7 Å². The van der Waals surface area contributed by atoms with Crippen molar-refractivity contribution in [1.82, 2.24) is 0 Å². The van der Waals surface area contributed by atoms with Crippen molar-refractivity contribution >= 4 is 0 Å². The molecular formula is C23H36O4. The highest BCUT2D eigenvalue weighted by Crippen LogP contribution is 2.21. The number of terminal acetylenes is 4. The van der Waals surface area contributed by atoms with E-state index in [0.717, 1.165) is 0 Å². The Balaban J connectivity index is -0.00000288. The molecular weight excluding hydrogens is 340 g/mol. The van der Waals surface area contributed by atoms with E-state index in [4.69, 9.17) is 44.6 Å². The summed E-state index contributed by atoms with van der Waals surface area (Å²) in [5.41, 5.74) is -0.466. The maximum Gasteiger partial charge on any atom is 0.0637 e. The Labute approximate surface area is 167 Å². The molecule has 0 spiro atoms. The smallest absolute Gasteiger partial charge is 0.0637 e. The van der Waals surface area contributed by atoms with Gasteiger partial charge in [-0.1, -0.05) is 14.9 Å². The summed E-state index contributed by atoms with van der Waals surface area (Å²) in [6.45, 7) is 3.48. The molecule has 0 aromatic heterocycles. The molecule has 27 heavy (non-hydrogen) atoms. The van der Waals surface area contributed by atoms with E-state index in [0.29, 0.717) is 78.5 Å². The highest BCUT2D eigenvalue weighted by atomic mass is 16.5. The van der Waals surface area contributed by atoms with Crippen molar-refractivity contribution in [2.24, 2.45) is 5.41 Å². The first-order chi connectivity index (χ1) is 12.2. The van der Waals surface area contributed by atoms with E-state index in [1.165, 1.54) is 0 Å². The predicted octanol–water partition coefficient (Wildman–Crippen LogP) is 3.40. The minimum absolute atomic E-state index is 0. The molecule has 0 saturated carbocycles. The van der Waals surface area contributed by atoms with Crippen molar-refractivity contribution in [1.29, 1.82) is 0 Å². The minimum Gasteiger partial charge on any atom is -0.380 e. The van der Waals surface area contributed by atoms with Crippen LogP contribution in [0.3, 0.4) is 0 Å². The molecule has 0 unspecified atom stereocenters. The molecule has 0 heterocycles. The molecule has 0 aliphatic carbocycles. The first kappa shape index (κ1) is 29.8. The van der Waals surface area contributed by atoms with Gasteiger partial charge < -0.3 is 18.9 Å². The van der Waals surface area contributed by atoms with E-state index in [1.807, 2.05) is 0 Å². The molecule has 4 nitrogen and oxygen atoms in total. The first-order valence-electron chi connectivity index (χ1n) is 8.29. The molecule has 0 fully saturated rings. The van der Waals surface area contributed by atoms with E-state index in [1.54, 1.807) is 0 Å². The van der Waals surface area contributed by atoms with E-state index in [-0.39, 0.29) is 14.9 Å². The fraction of sp³-hybridized carbons (Fsp3) is 0.652. The second kappa shape index (κ2) is 22.1. The number of ether oxygens (including phenoxy) is 4. The normalized spacial score (nSPS) is 9.63. The quantitative estimate of drug-likeness (QED) is 0.306. The molecule has 152 valence electrons. The zero-order valence-corrected chi connectivity index (χ0v) is 14.9. The zero-order valence-electron chi connectivity index (χ0n) is 14.9. The molecule has 0 rings (SSSR count). The molecule has 0 bridgehead atoms. The third kappa shape index (κ3) is 17.3. The van der Waals surface area contributed by atoms with Gasteiger partial charge in [-0.3, -0.25) is 0 Å². The second-order valence-corrected chi connectivity index (χ2v) is 5.53. The third-order valence-electron chi connectivity index (χ3n) is 3.20. The van der Waals surface area contributed by atoms with Gasteiger partial charge in [-0.15, -0.1) is 49.4 Å². The van der Waals surface area contributed by atoms with Crippen molar-refractivity contribution in [2.45, 2.75) is 40.5 Å². The molecule has 0 aromatic rings. The van der Waals surface area contributed by atoms with Gasteiger partial charge in [0.25, 0.3) is 0 Å². The lowest BCUT2D eigenvalue weighted by Crippen LogP contribution is -2.42. The Kier molecular flexibility index (Phi) is 24.4. The average Bonchev–Trinajstić information content (AvgIpc) is 2.63. The summed E-state index contributed by atoms with van der Waals surface area (Å²) in [6.07, 6.45) is 23.2. The molecule has 0 N–H and O–H groups in total.